The Kier molecular flexibility index (Phi) is 7.13. The van der Waals surface area contributed by atoms with Crippen LogP contribution in [0, 0.1) is 0 Å². The summed E-state index contributed by atoms with van der Waals surface area (Å²) in [5.74, 6) is -0.104. The molecular weight excluding hydrogens is 408 g/mol. The van der Waals surface area contributed by atoms with Gasteiger partial charge in [-0.25, -0.2) is 13.2 Å². The lowest BCUT2D eigenvalue weighted by Gasteiger charge is -2.30. The fourth-order valence-corrected chi connectivity index (χ4v) is 4.95. The summed E-state index contributed by atoms with van der Waals surface area (Å²) in [6, 6.07) is 25.5. The highest BCUT2D eigenvalue weighted by Crippen LogP contribution is 2.24. The van der Waals surface area contributed by atoms with Crippen molar-refractivity contribution < 1.29 is 13.2 Å². The van der Waals surface area contributed by atoms with Gasteiger partial charge in [-0.05, 0) is 42.2 Å². The van der Waals surface area contributed by atoms with Crippen molar-refractivity contribution in [1.29, 1.82) is 0 Å². The molecule has 1 atom stereocenters. The number of amides is 2. The normalized spacial score (nSPS) is 13.2. The number of benzene rings is 3. The van der Waals surface area contributed by atoms with Gasteiger partial charge >= 0.3 is 6.03 Å². The molecule has 0 aliphatic heterocycles. The van der Waals surface area contributed by atoms with E-state index < -0.39 is 15.4 Å². The quantitative estimate of drug-likeness (QED) is 0.506. The van der Waals surface area contributed by atoms with E-state index in [2.05, 4.69) is 10.6 Å². The van der Waals surface area contributed by atoms with E-state index in [-0.39, 0.29) is 17.5 Å². The van der Waals surface area contributed by atoms with Gasteiger partial charge in [-0.1, -0.05) is 79.7 Å². The Balaban J connectivity index is 1.66. The first kappa shape index (κ1) is 22.6. The number of nitrogens with one attached hydrogen (secondary N) is 2. The smallest absolute Gasteiger partial charge is 0.319 e. The van der Waals surface area contributed by atoms with E-state index >= 15 is 0 Å². The molecule has 3 aromatic carbocycles. The maximum absolute atomic E-state index is 12.7. The van der Waals surface area contributed by atoms with Gasteiger partial charge in [0.2, 0.25) is 0 Å². The number of urea groups is 1. The van der Waals surface area contributed by atoms with Crippen molar-refractivity contribution in [3.63, 3.8) is 0 Å². The Morgan fingerprint density at radius 1 is 0.839 bits per heavy atom. The minimum atomic E-state index is -3.33. The Morgan fingerprint density at radius 2 is 1.42 bits per heavy atom. The van der Waals surface area contributed by atoms with Crippen LogP contribution in [0.1, 0.15) is 37.0 Å². The first-order chi connectivity index (χ1) is 14.8. The van der Waals surface area contributed by atoms with Crippen LogP contribution in [0.25, 0.3) is 0 Å². The second-order valence-electron chi connectivity index (χ2n) is 7.85. The zero-order chi connectivity index (χ0) is 22.3. The van der Waals surface area contributed by atoms with Gasteiger partial charge < -0.3 is 10.6 Å². The van der Waals surface area contributed by atoms with Crippen molar-refractivity contribution in [2.45, 2.75) is 37.3 Å². The molecule has 2 amide bonds. The van der Waals surface area contributed by atoms with Crippen LogP contribution in [0.2, 0.25) is 0 Å². The van der Waals surface area contributed by atoms with Crippen molar-refractivity contribution in [2.24, 2.45) is 0 Å². The fraction of sp³-hybridized carbons (Fsp3) is 0.240. The largest absolute Gasteiger partial charge is 0.329 e. The highest BCUT2D eigenvalue weighted by atomic mass is 32.2. The van der Waals surface area contributed by atoms with Crippen molar-refractivity contribution in [2.75, 3.05) is 5.32 Å². The molecule has 0 fully saturated rings. The molecular formula is C25H28N2O3S. The van der Waals surface area contributed by atoms with Crippen LogP contribution in [0.3, 0.4) is 0 Å². The molecule has 6 heteroatoms. The molecule has 0 aliphatic carbocycles. The molecule has 0 aromatic heterocycles. The zero-order valence-electron chi connectivity index (χ0n) is 17.8. The van der Waals surface area contributed by atoms with E-state index in [0.717, 1.165) is 17.5 Å². The molecule has 0 saturated carbocycles. The summed E-state index contributed by atoms with van der Waals surface area (Å²) in [5.41, 5.74) is 2.46. The van der Waals surface area contributed by atoms with Gasteiger partial charge in [0.05, 0.1) is 17.0 Å². The lowest BCUT2D eigenvalue weighted by Crippen LogP contribution is -2.45. The number of sulfone groups is 1. The van der Waals surface area contributed by atoms with Crippen LogP contribution in [-0.2, 0) is 26.9 Å². The van der Waals surface area contributed by atoms with Crippen LogP contribution in [0.5, 0.6) is 0 Å². The summed E-state index contributed by atoms with van der Waals surface area (Å²) in [7, 11) is -3.33. The van der Waals surface area contributed by atoms with Gasteiger partial charge in [0.25, 0.3) is 0 Å². The molecule has 162 valence electrons. The predicted octanol–water partition coefficient (Wildman–Crippen LogP) is 5.25. The average Bonchev–Trinajstić information content (AvgIpc) is 2.74. The Hall–Kier alpha value is -3.12. The zero-order valence-corrected chi connectivity index (χ0v) is 18.7. The van der Waals surface area contributed by atoms with Gasteiger partial charge in [0.15, 0.2) is 9.84 Å². The van der Waals surface area contributed by atoms with E-state index in [1.54, 1.807) is 36.4 Å². The van der Waals surface area contributed by atoms with Gasteiger partial charge in [-0.2, -0.15) is 0 Å². The van der Waals surface area contributed by atoms with Crippen LogP contribution in [0.15, 0.2) is 84.9 Å². The van der Waals surface area contributed by atoms with Gasteiger partial charge in [-0.15, -0.1) is 0 Å². The Bertz CT molecular complexity index is 1120. The number of rotatable bonds is 8. The average molecular weight is 437 g/mol. The van der Waals surface area contributed by atoms with Crippen LogP contribution in [-0.4, -0.2) is 14.4 Å². The lowest BCUT2D eigenvalue weighted by molar-refractivity contribution is 0.238. The first-order valence-corrected chi connectivity index (χ1v) is 12.1. The third-order valence-electron chi connectivity index (χ3n) is 5.31. The fourth-order valence-electron chi connectivity index (χ4n) is 3.46. The molecule has 0 saturated heterocycles. The molecule has 2 N–H and O–H groups in total. The molecule has 31 heavy (non-hydrogen) atoms. The van der Waals surface area contributed by atoms with Crippen LogP contribution >= 0.6 is 0 Å². The number of hydrogen-bond acceptors (Lipinski definition) is 3. The third-order valence-corrected chi connectivity index (χ3v) is 6.85. The van der Waals surface area contributed by atoms with Gasteiger partial charge in [-0.3, -0.25) is 0 Å². The van der Waals surface area contributed by atoms with E-state index in [9.17, 15) is 13.2 Å². The van der Waals surface area contributed by atoms with Crippen molar-refractivity contribution in [3.8, 4) is 0 Å². The lowest BCUT2D eigenvalue weighted by atomic mass is 9.89. The van der Waals surface area contributed by atoms with E-state index in [1.165, 1.54) is 0 Å². The SMILES string of the molecule is CCC(C)(NC(=O)Nc1cccc(CS(=O)(=O)Cc2ccccc2)c1)c1ccccc1. The van der Waals surface area contributed by atoms with E-state index in [4.69, 9.17) is 0 Å². The summed E-state index contributed by atoms with van der Waals surface area (Å²) in [5, 5.41) is 5.87. The highest BCUT2D eigenvalue weighted by molar-refractivity contribution is 7.89. The van der Waals surface area contributed by atoms with Gasteiger partial charge in [0, 0.05) is 5.69 Å². The van der Waals surface area contributed by atoms with E-state index in [1.807, 2.05) is 62.4 Å². The number of carbonyl (C=O) groups is 1. The summed E-state index contributed by atoms with van der Waals surface area (Å²) >= 11 is 0. The van der Waals surface area contributed by atoms with Crippen molar-refractivity contribution in [3.05, 3.63) is 102 Å². The minimum Gasteiger partial charge on any atom is -0.329 e. The molecule has 1 unspecified atom stereocenters. The minimum absolute atomic E-state index is 0.0160. The molecule has 5 nitrogen and oxygen atoms in total. The standard InChI is InChI=1S/C25H28N2O3S/c1-3-25(2,22-14-8-5-9-15-22)27-24(28)26-23-16-10-13-21(17-23)19-31(29,30)18-20-11-6-4-7-12-20/h4-17H,3,18-19H2,1-2H3,(H2,26,27,28). The second kappa shape index (κ2) is 9.79. The predicted molar refractivity (Wildman–Crippen MR) is 125 cm³/mol. The Morgan fingerprint density at radius 3 is 2.06 bits per heavy atom. The summed E-state index contributed by atoms with van der Waals surface area (Å²) < 4.78 is 25.2. The third kappa shape index (κ3) is 6.43. The molecule has 0 aliphatic rings. The number of hydrogen-bond donors (Lipinski definition) is 2. The molecule has 0 spiro atoms. The molecule has 0 radical (unpaired) electrons. The molecule has 0 heterocycles. The summed E-state index contributed by atoms with van der Waals surface area (Å²) in [4.78, 5) is 12.7. The van der Waals surface area contributed by atoms with Gasteiger partial charge in [0.1, 0.15) is 0 Å². The summed E-state index contributed by atoms with van der Waals surface area (Å²) in [6.45, 7) is 4.00. The number of anilines is 1. The van der Waals surface area contributed by atoms with Crippen LogP contribution in [0.4, 0.5) is 10.5 Å². The summed E-state index contributed by atoms with van der Waals surface area (Å²) in [6.07, 6.45) is 0.724. The second-order valence-corrected chi connectivity index (χ2v) is 9.91. The maximum atomic E-state index is 12.7. The first-order valence-electron chi connectivity index (χ1n) is 10.3. The Labute approximate surface area is 184 Å². The number of carbonyl (C=O) groups excluding carboxylic acids is 1. The highest BCUT2D eigenvalue weighted by Gasteiger charge is 2.26. The van der Waals surface area contributed by atoms with Crippen molar-refractivity contribution >= 4 is 21.6 Å². The molecule has 3 aromatic rings. The maximum Gasteiger partial charge on any atom is 0.319 e. The van der Waals surface area contributed by atoms with Crippen molar-refractivity contribution in [1.82, 2.24) is 5.32 Å². The molecule has 0 bridgehead atoms. The topological polar surface area (TPSA) is 75.3 Å². The van der Waals surface area contributed by atoms with Crippen LogP contribution < -0.4 is 10.6 Å². The molecule has 3 rings (SSSR count). The van der Waals surface area contributed by atoms with E-state index in [0.29, 0.717) is 11.3 Å². The monoisotopic (exact) mass is 436 g/mol.